The van der Waals surface area contributed by atoms with Gasteiger partial charge in [0.05, 0.1) is 0 Å². The van der Waals surface area contributed by atoms with Crippen LogP contribution in [0.25, 0.3) is 0 Å². The quantitative estimate of drug-likeness (QED) is 0.768. The molecule has 2 heterocycles. The monoisotopic (exact) mass is 399 g/mol. The van der Waals surface area contributed by atoms with Crippen LogP contribution in [0.2, 0.25) is 0 Å². The molecule has 4 nitrogen and oxygen atoms in total. The van der Waals surface area contributed by atoms with E-state index < -0.39 is 11.6 Å². The smallest absolute Gasteiger partial charge is 0.322 e. The van der Waals surface area contributed by atoms with Crippen molar-refractivity contribution in [1.82, 2.24) is 4.90 Å². The lowest BCUT2D eigenvalue weighted by Gasteiger charge is -2.36. The van der Waals surface area contributed by atoms with Gasteiger partial charge in [0, 0.05) is 31.4 Å². The molecular formula is C23H27F2N3O. The van der Waals surface area contributed by atoms with Crippen molar-refractivity contribution < 1.29 is 13.6 Å². The van der Waals surface area contributed by atoms with Crippen molar-refractivity contribution in [1.29, 1.82) is 0 Å². The van der Waals surface area contributed by atoms with Gasteiger partial charge in [0.25, 0.3) is 0 Å². The average molecular weight is 399 g/mol. The Morgan fingerprint density at radius 1 is 0.966 bits per heavy atom. The number of benzene rings is 2. The zero-order valence-electron chi connectivity index (χ0n) is 16.5. The second-order valence-electron chi connectivity index (χ2n) is 7.95. The first kappa shape index (κ1) is 19.7. The van der Waals surface area contributed by atoms with Crippen LogP contribution in [-0.4, -0.2) is 36.6 Å². The summed E-state index contributed by atoms with van der Waals surface area (Å²) in [6.07, 6.45) is 5.61. The van der Waals surface area contributed by atoms with E-state index in [9.17, 15) is 13.6 Å². The highest BCUT2D eigenvalue weighted by molar-refractivity contribution is 5.90. The molecule has 0 bridgehead atoms. The first-order valence-electron chi connectivity index (χ1n) is 10.5. The Balaban J connectivity index is 1.47. The lowest BCUT2D eigenvalue weighted by Crippen LogP contribution is -2.46. The highest BCUT2D eigenvalue weighted by Crippen LogP contribution is 2.30. The number of amides is 2. The number of anilines is 2. The van der Waals surface area contributed by atoms with Crippen LogP contribution in [-0.2, 0) is 6.42 Å². The van der Waals surface area contributed by atoms with Crippen molar-refractivity contribution in [2.45, 2.75) is 44.6 Å². The molecule has 2 fully saturated rings. The Bertz CT molecular complexity index is 829. The number of carbonyl (C=O) groups excluding carboxylic acids is 1. The van der Waals surface area contributed by atoms with Crippen molar-refractivity contribution in [3.63, 3.8) is 0 Å². The van der Waals surface area contributed by atoms with Crippen molar-refractivity contribution in [2.24, 2.45) is 0 Å². The number of urea groups is 1. The van der Waals surface area contributed by atoms with Gasteiger partial charge in [0.2, 0.25) is 0 Å². The maximum absolute atomic E-state index is 14.6. The Labute approximate surface area is 170 Å². The summed E-state index contributed by atoms with van der Waals surface area (Å²) in [5.74, 6) is -1.25. The fourth-order valence-electron chi connectivity index (χ4n) is 4.44. The number of hydrogen-bond acceptors (Lipinski definition) is 2. The molecule has 154 valence electrons. The van der Waals surface area contributed by atoms with Gasteiger partial charge in [-0.05, 0) is 56.2 Å². The average Bonchev–Trinajstić information content (AvgIpc) is 3.23. The Morgan fingerprint density at radius 3 is 2.31 bits per heavy atom. The number of nitrogens with one attached hydrogen (secondary N) is 1. The van der Waals surface area contributed by atoms with Gasteiger partial charge in [0.1, 0.15) is 5.69 Å². The largest absolute Gasteiger partial charge is 0.367 e. The number of carbonyl (C=O) groups is 1. The van der Waals surface area contributed by atoms with E-state index in [1.807, 2.05) is 18.2 Å². The molecule has 2 aromatic rings. The molecule has 1 atom stereocenters. The van der Waals surface area contributed by atoms with Crippen LogP contribution < -0.4 is 10.2 Å². The summed E-state index contributed by atoms with van der Waals surface area (Å²) in [5.41, 5.74) is 1.36. The van der Waals surface area contributed by atoms with Gasteiger partial charge < -0.3 is 15.1 Å². The Morgan fingerprint density at radius 2 is 1.62 bits per heavy atom. The third-order valence-corrected chi connectivity index (χ3v) is 5.89. The SMILES string of the molecule is O=C(Nc1cc(F)c(N2CCCC2)c(F)c1)N1CCCCC1Cc1ccccc1. The second kappa shape index (κ2) is 8.80. The van der Waals surface area contributed by atoms with Crippen LogP contribution in [0.1, 0.15) is 37.7 Å². The van der Waals surface area contributed by atoms with E-state index >= 15 is 0 Å². The standard InChI is InChI=1S/C23H27F2N3O/c24-20-15-18(16-21(25)22(20)27-11-6-7-12-27)26-23(29)28-13-5-4-10-19(28)14-17-8-2-1-3-9-17/h1-3,8-9,15-16,19H,4-7,10-14H2,(H,26,29). The molecule has 2 aliphatic heterocycles. The molecule has 0 spiro atoms. The summed E-state index contributed by atoms with van der Waals surface area (Å²) in [7, 11) is 0. The topological polar surface area (TPSA) is 35.6 Å². The van der Waals surface area contributed by atoms with Crippen LogP contribution in [0.5, 0.6) is 0 Å². The molecule has 29 heavy (non-hydrogen) atoms. The summed E-state index contributed by atoms with van der Waals surface area (Å²) in [6, 6.07) is 12.3. The number of piperidine rings is 1. The maximum Gasteiger partial charge on any atom is 0.322 e. The van der Waals surface area contributed by atoms with Crippen LogP contribution in [0.3, 0.4) is 0 Å². The maximum atomic E-state index is 14.6. The number of halogens is 2. The fraction of sp³-hybridized carbons (Fsp3) is 0.435. The minimum Gasteiger partial charge on any atom is -0.367 e. The normalized spacial score (nSPS) is 19.4. The van der Waals surface area contributed by atoms with E-state index in [0.717, 1.165) is 38.5 Å². The molecular weight excluding hydrogens is 372 g/mol. The van der Waals surface area contributed by atoms with E-state index in [-0.39, 0.29) is 23.4 Å². The predicted molar refractivity (Wildman–Crippen MR) is 111 cm³/mol. The van der Waals surface area contributed by atoms with Crippen molar-refractivity contribution >= 4 is 17.4 Å². The molecule has 2 saturated heterocycles. The molecule has 0 aromatic heterocycles. The van der Waals surface area contributed by atoms with Gasteiger partial charge >= 0.3 is 6.03 Å². The molecule has 0 saturated carbocycles. The van der Waals surface area contributed by atoms with E-state index in [0.29, 0.717) is 19.6 Å². The van der Waals surface area contributed by atoms with Crippen LogP contribution in [0.15, 0.2) is 42.5 Å². The third kappa shape index (κ3) is 4.52. The Kier molecular flexibility index (Phi) is 5.97. The summed E-state index contributed by atoms with van der Waals surface area (Å²) >= 11 is 0. The minimum atomic E-state index is -0.623. The molecule has 0 aliphatic carbocycles. The van der Waals surface area contributed by atoms with Crippen molar-refractivity contribution in [2.75, 3.05) is 29.9 Å². The van der Waals surface area contributed by atoms with Gasteiger partial charge in [-0.3, -0.25) is 0 Å². The van der Waals surface area contributed by atoms with Crippen molar-refractivity contribution in [3.05, 3.63) is 59.7 Å². The third-order valence-electron chi connectivity index (χ3n) is 5.89. The van der Waals surface area contributed by atoms with Crippen LogP contribution >= 0.6 is 0 Å². The minimum absolute atomic E-state index is 0.0143. The lowest BCUT2D eigenvalue weighted by atomic mass is 9.96. The number of rotatable bonds is 4. The van der Waals surface area contributed by atoms with E-state index in [1.54, 1.807) is 9.80 Å². The van der Waals surface area contributed by atoms with Gasteiger partial charge in [0.15, 0.2) is 11.6 Å². The zero-order valence-corrected chi connectivity index (χ0v) is 16.5. The van der Waals surface area contributed by atoms with Gasteiger partial charge in [-0.2, -0.15) is 0 Å². The van der Waals surface area contributed by atoms with Crippen molar-refractivity contribution in [3.8, 4) is 0 Å². The Hall–Kier alpha value is -2.63. The number of likely N-dealkylation sites (tertiary alicyclic amines) is 1. The molecule has 6 heteroatoms. The first-order chi connectivity index (χ1) is 14.1. The molecule has 2 aromatic carbocycles. The summed E-state index contributed by atoms with van der Waals surface area (Å²) in [6.45, 7) is 1.98. The van der Waals surface area contributed by atoms with Crippen LogP contribution in [0, 0.1) is 11.6 Å². The first-order valence-corrected chi connectivity index (χ1v) is 10.5. The highest BCUT2D eigenvalue weighted by atomic mass is 19.1. The molecule has 2 amide bonds. The van der Waals surface area contributed by atoms with E-state index in [2.05, 4.69) is 17.4 Å². The molecule has 1 N–H and O–H groups in total. The van der Waals surface area contributed by atoms with E-state index in [4.69, 9.17) is 0 Å². The summed E-state index contributed by atoms with van der Waals surface area (Å²) in [4.78, 5) is 16.4. The van der Waals surface area contributed by atoms with E-state index in [1.165, 1.54) is 17.7 Å². The summed E-state index contributed by atoms with van der Waals surface area (Å²) < 4.78 is 29.1. The molecule has 4 rings (SSSR count). The van der Waals surface area contributed by atoms with Gasteiger partial charge in [-0.25, -0.2) is 13.6 Å². The predicted octanol–water partition coefficient (Wildman–Crippen LogP) is 5.19. The second-order valence-corrected chi connectivity index (χ2v) is 7.95. The molecule has 1 unspecified atom stereocenters. The molecule has 0 radical (unpaired) electrons. The fourth-order valence-corrected chi connectivity index (χ4v) is 4.44. The lowest BCUT2D eigenvalue weighted by molar-refractivity contribution is 0.162. The zero-order chi connectivity index (χ0) is 20.2. The number of nitrogens with zero attached hydrogens (tertiary/aromatic N) is 2. The number of hydrogen-bond donors (Lipinski definition) is 1. The van der Waals surface area contributed by atoms with Crippen LogP contribution in [0.4, 0.5) is 25.0 Å². The summed E-state index contributed by atoms with van der Waals surface area (Å²) in [5, 5.41) is 2.72. The van der Waals surface area contributed by atoms with Gasteiger partial charge in [-0.15, -0.1) is 0 Å². The molecule has 2 aliphatic rings. The highest BCUT2D eigenvalue weighted by Gasteiger charge is 2.28. The van der Waals surface area contributed by atoms with Gasteiger partial charge in [-0.1, -0.05) is 30.3 Å².